The van der Waals surface area contributed by atoms with E-state index in [0.29, 0.717) is 0 Å². The van der Waals surface area contributed by atoms with E-state index in [1.807, 2.05) is 12.1 Å². The first kappa shape index (κ1) is 16.8. The van der Waals surface area contributed by atoms with Crippen molar-refractivity contribution in [1.29, 1.82) is 0 Å². The van der Waals surface area contributed by atoms with Crippen molar-refractivity contribution < 1.29 is 4.74 Å². The topological polar surface area (TPSA) is 21.3 Å². The zero-order valence-corrected chi connectivity index (χ0v) is 13.6. The highest BCUT2D eigenvalue weighted by atomic mass is 16.5. The monoisotopic (exact) mass is 275 g/mol. The summed E-state index contributed by atoms with van der Waals surface area (Å²) in [5.74, 6) is 0.901. The number of allylic oxidation sites excluding steroid dienone is 1. The van der Waals surface area contributed by atoms with Crippen molar-refractivity contribution in [2.75, 3.05) is 7.11 Å². The predicted molar refractivity (Wildman–Crippen MR) is 87.3 cm³/mol. The number of hydrogen-bond donors (Lipinski definition) is 1. The average Bonchev–Trinajstić information content (AvgIpc) is 2.41. The lowest BCUT2D eigenvalue weighted by molar-refractivity contribution is 0.395. The Morgan fingerprint density at radius 3 is 2.35 bits per heavy atom. The van der Waals surface area contributed by atoms with Gasteiger partial charge in [-0.1, -0.05) is 44.1 Å². The summed E-state index contributed by atoms with van der Waals surface area (Å²) < 4.78 is 5.22. The number of nitrogens with one attached hydrogen (secondary N) is 1. The molecule has 0 aliphatic heterocycles. The molecule has 0 fully saturated rings. The standard InChI is InChI=1S/C18H29NO/c1-6-7-8-9-10-17(19-18(2,3)4)15-11-13-16(20-5)14-12-15/h9-14,17,19H,6-8H2,1-5H3/b10-9+. The smallest absolute Gasteiger partial charge is 0.118 e. The molecule has 0 aliphatic rings. The molecule has 0 spiro atoms. The molecule has 0 aromatic heterocycles. The number of ether oxygens (including phenoxy) is 1. The number of unbranched alkanes of at least 4 members (excludes halogenated alkanes) is 2. The van der Waals surface area contributed by atoms with Gasteiger partial charge in [0.25, 0.3) is 0 Å². The zero-order valence-electron chi connectivity index (χ0n) is 13.6. The van der Waals surface area contributed by atoms with Gasteiger partial charge in [0.1, 0.15) is 5.75 Å². The molecule has 0 radical (unpaired) electrons. The van der Waals surface area contributed by atoms with Crippen LogP contribution in [0, 0.1) is 0 Å². The average molecular weight is 275 g/mol. The summed E-state index contributed by atoms with van der Waals surface area (Å²) in [7, 11) is 1.70. The van der Waals surface area contributed by atoms with Gasteiger partial charge in [-0.3, -0.25) is 0 Å². The minimum Gasteiger partial charge on any atom is -0.497 e. The van der Waals surface area contributed by atoms with Gasteiger partial charge in [0.2, 0.25) is 0 Å². The van der Waals surface area contributed by atoms with Crippen LogP contribution in [0.4, 0.5) is 0 Å². The van der Waals surface area contributed by atoms with E-state index in [4.69, 9.17) is 4.74 Å². The quantitative estimate of drug-likeness (QED) is 0.566. The summed E-state index contributed by atoms with van der Waals surface area (Å²) in [4.78, 5) is 0. The van der Waals surface area contributed by atoms with E-state index in [9.17, 15) is 0 Å². The summed E-state index contributed by atoms with van der Waals surface area (Å²) in [5.41, 5.74) is 1.35. The van der Waals surface area contributed by atoms with Crippen molar-refractivity contribution in [3.05, 3.63) is 42.0 Å². The van der Waals surface area contributed by atoms with Crippen LogP contribution < -0.4 is 10.1 Å². The third kappa shape index (κ3) is 6.25. The van der Waals surface area contributed by atoms with Crippen molar-refractivity contribution in [3.63, 3.8) is 0 Å². The SMILES string of the molecule is CCCC/C=C/C(NC(C)(C)C)c1ccc(OC)cc1. The number of methoxy groups -OCH3 is 1. The van der Waals surface area contributed by atoms with Crippen LogP contribution in [-0.4, -0.2) is 12.6 Å². The highest BCUT2D eigenvalue weighted by Gasteiger charge is 2.16. The van der Waals surface area contributed by atoms with Gasteiger partial charge in [-0.25, -0.2) is 0 Å². The molecule has 0 heterocycles. The van der Waals surface area contributed by atoms with Crippen LogP contribution in [0.15, 0.2) is 36.4 Å². The third-order valence-corrected chi connectivity index (χ3v) is 3.12. The molecule has 1 aromatic carbocycles. The Balaban J connectivity index is 2.82. The van der Waals surface area contributed by atoms with E-state index >= 15 is 0 Å². The Hall–Kier alpha value is -1.28. The Labute approximate surface area is 124 Å². The highest BCUT2D eigenvalue weighted by Crippen LogP contribution is 2.21. The Bertz CT molecular complexity index is 400. The van der Waals surface area contributed by atoms with E-state index in [-0.39, 0.29) is 11.6 Å². The van der Waals surface area contributed by atoms with E-state index in [0.717, 1.165) is 12.2 Å². The Morgan fingerprint density at radius 2 is 1.85 bits per heavy atom. The molecule has 0 bridgehead atoms. The first-order chi connectivity index (χ1) is 9.46. The summed E-state index contributed by atoms with van der Waals surface area (Å²) in [5, 5.41) is 3.66. The van der Waals surface area contributed by atoms with Gasteiger partial charge >= 0.3 is 0 Å². The van der Waals surface area contributed by atoms with Gasteiger partial charge in [0.15, 0.2) is 0 Å². The second kappa shape index (κ2) is 8.11. The Kier molecular flexibility index (Phi) is 6.80. The van der Waals surface area contributed by atoms with Gasteiger partial charge < -0.3 is 10.1 Å². The fourth-order valence-corrected chi connectivity index (χ4v) is 2.07. The summed E-state index contributed by atoms with van der Waals surface area (Å²) in [6, 6.07) is 8.55. The molecule has 0 aliphatic carbocycles. The highest BCUT2D eigenvalue weighted by molar-refractivity contribution is 5.31. The zero-order chi connectivity index (χ0) is 15.0. The number of benzene rings is 1. The summed E-state index contributed by atoms with van der Waals surface area (Å²) in [6.45, 7) is 8.82. The maximum absolute atomic E-state index is 5.22. The normalized spacial score (nSPS) is 13.7. The van der Waals surface area contributed by atoms with Gasteiger partial charge in [-0.15, -0.1) is 0 Å². The van der Waals surface area contributed by atoms with Crippen LogP contribution in [0.1, 0.15) is 58.6 Å². The van der Waals surface area contributed by atoms with E-state index < -0.39 is 0 Å². The molecular formula is C18H29NO. The molecule has 2 heteroatoms. The first-order valence-corrected chi connectivity index (χ1v) is 7.54. The van der Waals surface area contributed by atoms with Crippen molar-refractivity contribution in [2.24, 2.45) is 0 Å². The molecule has 2 nitrogen and oxygen atoms in total. The van der Waals surface area contributed by atoms with E-state index in [1.54, 1.807) is 7.11 Å². The second-order valence-electron chi connectivity index (χ2n) is 6.22. The van der Waals surface area contributed by atoms with Gasteiger partial charge in [-0.05, 0) is 44.9 Å². The van der Waals surface area contributed by atoms with Gasteiger partial charge in [-0.2, -0.15) is 0 Å². The molecule has 1 aromatic rings. The van der Waals surface area contributed by atoms with Crippen LogP contribution in [0.2, 0.25) is 0 Å². The summed E-state index contributed by atoms with van der Waals surface area (Å²) >= 11 is 0. The fraction of sp³-hybridized carbons (Fsp3) is 0.556. The fourth-order valence-electron chi connectivity index (χ4n) is 2.07. The van der Waals surface area contributed by atoms with Crippen LogP contribution in [0.25, 0.3) is 0 Å². The lowest BCUT2D eigenvalue weighted by atomic mass is 10.0. The lowest BCUT2D eigenvalue weighted by Gasteiger charge is -2.27. The molecule has 0 saturated heterocycles. The number of rotatable bonds is 7. The second-order valence-corrected chi connectivity index (χ2v) is 6.22. The summed E-state index contributed by atoms with van der Waals surface area (Å²) in [6.07, 6.45) is 8.21. The maximum Gasteiger partial charge on any atom is 0.118 e. The molecule has 112 valence electrons. The van der Waals surface area contributed by atoms with Gasteiger partial charge in [0, 0.05) is 5.54 Å². The van der Waals surface area contributed by atoms with Crippen LogP contribution in [0.3, 0.4) is 0 Å². The van der Waals surface area contributed by atoms with Crippen LogP contribution in [-0.2, 0) is 0 Å². The molecule has 1 unspecified atom stereocenters. The lowest BCUT2D eigenvalue weighted by Crippen LogP contribution is -2.38. The van der Waals surface area contributed by atoms with Crippen molar-refractivity contribution in [3.8, 4) is 5.75 Å². The minimum absolute atomic E-state index is 0.0830. The molecule has 0 amide bonds. The maximum atomic E-state index is 5.22. The molecule has 20 heavy (non-hydrogen) atoms. The van der Waals surface area contributed by atoms with Gasteiger partial charge in [0.05, 0.1) is 13.2 Å². The van der Waals surface area contributed by atoms with E-state index in [1.165, 1.54) is 18.4 Å². The Morgan fingerprint density at radius 1 is 1.20 bits per heavy atom. The molecular weight excluding hydrogens is 246 g/mol. The molecule has 1 atom stereocenters. The number of hydrogen-bond acceptors (Lipinski definition) is 2. The minimum atomic E-state index is 0.0830. The van der Waals surface area contributed by atoms with Crippen molar-refractivity contribution >= 4 is 0 Å². The third-order valence-electron chi connectivity index (χ3n) is 3.12. The van der Waals surface area contributed by atoms with E-state index in [2.05, 4.69) is 57.3 Å². The van der Waals surface area contributed by atoms with Crippen molar-refractivity contribution in [2.45, 2.75) is 58.5 Å². The first-order valence-electron chi connectivity index (χ1n) is 7.54. The van der Waals surface area contributed by atoms with Crippen LogP contribution >= 0.6 is 0 Å². The van der Waals surface area contributed by atoms with Crippen LogP contribution in [0.5, 0.6) is 5.75 Å². The largest absolute Gasteiger partial charge is 0.497 e. The molecule has 1 rings (SSSR count). The predicted octanol–water partition coefficient (Wildman–Crippen LogP) is 4.87. The van der Waals surface area contributed by atoms with Crippen molar-refractivity contribution in [1.82, 2.24) is 5.32 Å². The molecule has 1 N–H and O–H groups in total. The molecule has 0 saturated carbocycles.